The Morgan fingerprint density at radius 3 is 2.29 bits per heavy atom. The van der Waals surface area contributed by atoms with Gasteiger partial charge in [-0.25, -0.2) is 13.2 Å². The van der Waals surface area contributed by atoms with Crippen LogP contribution in [0.4, 0.5) is 11.4 Å². The van der Waals surface area contributed by atoms with Gasteiger partial charge in [-0.3, -0.25) is 4.72 Å². The van der Waals surface area contributed by atoms with Crippen LogP contribution in [0.3, 0.4) is 0 Å². The lowest BCUT2D eigenvalue weighted by Crippen LogP contribution is -2.46. The summed E-state index contributed by atoms with van der Waals surface area (Å²) in [6.45, 7) is 6.18. The minimum atomic E-state index is -3.89. The van der Waals surface area contributed by atoms with Gasteiger partial charge >= 0.3 is 5.97 Å². The van der Waals surface area contributed by atoms with Crippen molar-refractivity contribution in [2.75, 3.05) is 35.8 Å². The van der Waals surface area contributed by atoms with Gasteiger partial charge in [-0.1, -0.05) is 31.9 Å². The van der Waals surface area contributed by atoms with Crippen LogP contribution in [0, 0.1) is 0 Å². The lowest BCUT2D eigenvalue weighted by Gasteiger charge is -2.41. The van der Waals surface area contributed by atoms with Crippen LogP contribution < -0.4 is 9.62 Å². The van der Waals surface area contributed by atoms with Crippen molar-refractivity contribution in [3.63, 3.8) is 0 Å². The first kappa shape index (κ1) is 24.5. The maximum Gasteiger partial charge on any atom is 0.337 e. The Morgan fingerprint density at radius 2 is 1.68 bits per heavy atom. The molecule has 0 aliphatic carbocycles. The van der Waals surface area contributed by atoms with Gasteiger partial charge in [0.2, 0.25) is 0 Å². The maximum absolute atomic E-state index is 12.9. The van der Waals surface area contributed by atoms with Gasteiger partial charge in [0, 0.05) is 24.8 Å². The molecular weight excluding hydrogens is 450 g/mol. The maximum atomic E-state index is 12.9. The molecule has 0 bridgehead atoms. The van der Waals surface area contributed by atoms with E-state index >= 15 is 0 Å². The number of likely N-dealkylation sites (tertiary alicyclic amines) is 1. The number of carboxylic acid groups (broad SMARTS) is 1. The predicted octanol–water partition coefficient (Wildman–Crippen LogP) is 4.59. The highest BCUT2D eigenvalue weighted by molar-refractivity contribution is 7.92. The molecule has 4 rings (SSSR count). The van der Waals surface area contributed by atoms with Gasteiger partial charge in [0.1, 0.15) is 0 Å². The fourth-order valence-corrected chi connectivity index (χ4v) is 6.17. The van der Waals surface area contributed by atoms with Crippen LogP contribution in [-0.4, -0.2) is 56.6 Å². The average Bonchev–Trinajstić information content (AvgIpc) is 2.85. The molecule has 184 valence electrons. The normalized spacial score (nSPS) is 18.1. The Hall–Kier alpha value is -2.58. The van der Waals surface area contributed by atoms with Crippen molar-refractivity contribution < 1.29 is 18.3 Å². The van der Waals surface area contributed by atoms with E-state index in [1.807, 2.05) is 6.07 Å². The zero-order valence-corrected chi connectivity index (χ0v) is 20.7. The van der Waals surface area contributed by atoms with E-state index in [1.165, 1.54) is 32.4 Å². The molecule has 2 fully saturated rings. The van der Waals surface area contributed by atoms with Crippen LogP contribution in [0.15, 0.2) is 47.4 Å². The molecule has 7 nitrogen and oxygen atoms in total. The number of benzene rings is 2. The fourth-order valence-electron chi connectivity index (χ4n) is 5.10. The van der Waals surface area contributed by atoms with E-state index in [9.17, 15) is 18.3 Å². The zero-order valence-electron chi connectivity index (χ0n) is 19.9. The number of nitrogens with zero attached hydrogens (tertiary/aromatic N) is 2. The number of anilines is 2. The van der Waals surface area contributed by atoms with E-state index in [-0.39, 0.29) is 16.1 Å². The summed E-state index contributed by atoms with van der Waals surface area (Å²) in [5, 5.41) is 9.80. The van der Waals surface area contributed by atoms with Gasteiger partial charge in [-0.05, 0) is 81.1 Å². The molecule has 2 aliphatic heterocycles. The second-order valence-corrected chi connectivity index (χ2v) is 11.0. The molecule has 0 unspecified atom stereocenters. The standard InChI is InChI=1S/C26H35N3O4S/c1-2-6-20-7-10-23(11-8-20)34(32,33)27-25-12-9-22(19-24(25)26(30)31)29-17-13-21(14-18-29)28-15-4-3-5-16-28/h7-12,19,21,27H,2-6,13-18H2,1H3,(H,30,31). The number of rotatable bonds is 8. The van der Waals surface area contributed by atoms with Crippen molar-refractivity contribution in [3.8, 4) is 0 Å². The summed E-state index contributed by atoms with van der Waals surface area (Å²) in [7, 11) is -3.89. The first-order valence-electron chi connectivity index (χ1n) is 12.4. The first-order chi connectivity index (χ1) is 16.4. The number of aryl methyl sites for hydroxylation is 1. The highest BCUT2D eigenvalue weighted by Crippen LogP contribution is 2.29. The highest BCUT2D eigenvalue weighted by Gasteiger charge is 2.27. The van der Waals surface area contributed by atoms with E-state index in [2.05, 4.69) is 21.4 Å². The molecule has 2 aliphatic rings. The Bertz CT molecular complexity index is 1090. The number of nitrogens with one attached hydrogen (secondary N) is 1. The summed E-state index contributed by atoms with van der Waals surface area (Å²) >= 11 is 0. The minimum Gasteiger partial charge on any atom is -0.478 e. The molecule has 2 heterocycles. The van der Waals surface area contributed by atoms with Gasteiger partial charge in [-0.2, -0.15) is 0 Å². The summed E-state index contributed by atoms with van der Waals surface area (Å²) in [5.41, 5.74) is 1.93. The summed E-state index contributed by atoms with van der Waals surface area (Å²) in [6.07, 6.45) is 7.87. The second kappa shape index (κ2) is 10.8. The number of carbonyl (C=O) groups is 1. The Balaban J connectivity index is 1.47. The minimum absolute atomic E-state index is 0.0400. The fraction of sp³-hybridized carbons (Fsp3) is 0.500. The highest BCUT2D eigenvalue weighted by atomic mass is 32.2. The Kier molecular flexibility index (Phi) is 7.78. The third kappa shape index (κ3) is 5.73. The van der Waals surface area contributed by atoms with Crippen LogP contribution in [0.2, 0.25) is 0 Å². The van der Waals surface area contributed by atoms with Crippen LogP contribution in [0.5, 0.6) is 0 Å². The predicted molar refractivity (Wildman–Crippen MR) is 135 cm³/mol. The van der Waals surface area contributed by atoms with E-state index in [0.29, 0.717) is 6.04 Å². The summed E-state index contributed by atoms with van der Waals surface area (Å²) in [6, 6.07) is 12.3. The van der Waals surface area contributed by atoms with E-state index in [4.69, 9.17) is 0 Å². The molecule has 2 aromatic rings. The summed E-state index contributed by atoms with van der Waals surface area (Å²) in [5.74, 6) is -1.15. The van der Waals surface area contributed by atoms with Gasteiger partial charge in [0.05, 0.1) is 16.1 Å². The van der Waals surface area contributed by atoms with Crippen molar-refractivity contribution in [1.29, 1.82) is 0 Å². The van der Waals surface area contributed by atoms with Gasteiger partial charge in [-0.15, -0.1) is 0 Å². The van der Waals surface area contributed by atoms with Crippen molar-refractivity contribution >= 4 is 27.4 Å². The molecule has 2 N–H and O–H groups in total. The number of piperidine rings is 2. The average molecular weight is 486 g/mol. The number of carboxylic acids is 1. The molecule has 34 heavy (non-hydrogen) atoms. The van der Waals surface area contributed by atoms with Gasteiger partial charge in [0.25, 0.3) is 10.0 Å². The smallest absolute Gasteiger partial charge is 0.337 e. The van der Waals surface area contributed by atoms with Crippen molar-refractivity contribution in [2.24, 2.45) is 0 Å². The van der Waals surface area contributed by atoms with Crippen LogP contribution >= 0.6 is 0 Å². The van der Waals surface area contributed by atoms with E-state index < -0.39 is 16.0 Å². The lowest BCUT2D eigenvalue weighted by molar-refractivity contribution is 0.0698. The van der Waals surface area contributed by atoms with Crippen LogP contribution in [0.25, 0.3) is 0 Å². The first-order valence-corrected chi connectivity index (χ1v) is 13.8. The molecule has 0 atom stereocenters. The topological polar surface area (TPSA) is 90.0 Å². The zero-order chi connectivity index (χ0) is 24.1. The number of hydrogen-bond acceptors (Lipinski definition) is 5. The lowest BCUT2D eigenvalue weighted by atomic mass is 9.99. The van der Waals surface area contributed by atoms with Crippen LogP contribution in [0.1, 0.15) is 61.4 Å². The molecule has 0 radical (unpaired) electrons. The number of hydrogen-bond donors (Lipinski definition) is 2. The number of sulfonamides is 1. The molecule has 0 saturated carbocycles. The molecule has 0 amide bonds. The van der Waals surface area contributed by atoms with Crippen molar-refractivity contribution in [3.05, 3.63) is 53.6 Å². The van der Waals surface area contributed by atoms with Gasteiger partial charge < -0.3 is 14.9 Å². The molecule has 2 saturated heterocycles. The molecular formula is C26H35N3O4S. The third-order valence-corrected chi connectivity index (χ3v) is 8.37. The third-order valence-electron chi connectivity index (χ3n) is 6.99. The summed E-state index contributed by atoms with van der Waals surface area (Å²) < 4.78 is 28.3. The Labute approximate surface area is 202 Å². The monoisotopic (exact) mass is 485 g/mol. The van der Waals surface area contributed by atoms with Gasteiger partial charge in [0.15, 0.2) is 0 Å². The summed E-state index contributed by atoms with van der Waals surface area (Å²) in [4.78, 5) is 16.9. The largest absolute Gasteiger partial charge is 0.478 e. The van der Waals surface area contributed by atoms with Crippen molar-refractivity contribution in [1.82, 2.24) is 4.90 Å². The SMILES string of the molecule is CCCc1ccc(S(=O)(=O)Nc2ccc(N3CCC(N4CCCCC4)CC3)cc2C(=O)O)cc1. The molecule has 0 spiro atoms. The molecule has 0 aromatic heterocycles. The molecule has 2 aromatic carbocycles. The Morgan fingerprint density at radius 1 is 1.00 bits per heavy atom. The van der Waals surface area contributed by atoms with Crippen molar-refractivity contribution in [2.45, 2.75) is 62.8 Å². The second-order valence-electron chi connectivity index (χ2n) is 9.35. The van der Waals surface area contributed by atoms with E-state index in [1.54, 1.807) is 36.4 Å². The van der Waals surface area contributed by atoms with E-state index in [0.717, 1.165) is 50.0 Å². The molecule has 8 heteroatoms. The van der Waals surface area contributed by atoms with Crippen LogP contribution in [-0.2, 0) is 16.4 Å². The quantitative estimate of drug-likeness (QED) is 0.568. The number of aromatic carboxylic acids is 1.